The molecule has 2 N–H and O–H groups in total. The molecule has 1 aliphatic heterocycles. The van der Waals surface area contributed by atoms with E-state index in [9.17, 15) is 28.2 Å². The summed E-state index contributed by atoms with van der Waals surface area (Å²) in [5.74, 6) is -2.33. The van der Waals surface area contributed by atoms with Crippen molar-refractivity contribution < 1.29 is 28.2 Å². The van der Waals surface area contributed by atoms with Crippen LogP contribution in [0.2, 0.25) is 0 Å². The van der Waals surface area contributed by atoms with E-state index in [-0.39, 0.29) is 22.7 Å². The van der Waals surface area contributed by atoms with E-state index in [4.69, 9.17) is 0 Å². The van der Waals surface area contributed by atoms with Crippen LogP contribution < -0.4 is 9.80 Å². The number of carbonyl (C=O) groups excluding carboxylic acids is 1. The Labute approximate surface area is 257 Å². The summed E-state index contributed by atoms with van der Waals surface area (Å²) in [5.41, 5.74) is 3.55. The highest BCUT2D eigenvalue weighted by Crippen LogP contribution is 2.28. The van der Waals surface area contributed by atoms with Crippen LogP contribution >= 0.6 is 0 Å². The van der Waals surface area contributed by atoms with Crippen LogP contribution in [0.15, 0.2) is 102 Å². The zero-order chi connectivity index (χ0) is 31.3. The van der Waals surface area contributed by atoms with Gasteiger partial charge < -0.3 is 20.0 Å². The molecule has 1 saturated heterocycles. The van der Waals surface area contributed by atoms with E-state index in [0.29, 0.717) is 0 Å². The number of hydrogen-bond donors (Lipinski definition) is 2. The van der Waals surface area contributed by atoms with Gasteiger partial charge in [0.15, 0.2) is 0 Å². The lowest BCUT2D eigenvalue weighted by atomic mass is 10.1. The Morgan fingerprint density at radius 1 is 0.818 bits per heavy atom. The number of carboxylic acid groups (broad SMARTS) is 1. The summed E-state index contributed by atoms with van der Waals surface area (Å²) in [6.07, 6.45) is 3.51. The summed E-state index contributed by atoms with van der Waals surface area (Å²) in [6.45, 7) is 1.57. The average molecular weight is 614 g/mol. The van der Waals surface area contributed by atoms with Crippen LogP contribution in [0.25, 0.3) is 11.1 Å². The number of rotatable bonds is 10. The predicted octanol–water partition coefficient (Wildman–Crippen LogP) is 5.60. The predicted molar refractivity (Wildman–Crippen MR) is 170 cm³/mol. The molecule has 0 bridgehead atoms. The molecule has 1 amide bonds. The molecule has 9 nitrogen and oxygen atoms in total. The summed E-state index contributed by atoms with van der Waals surface area (Å²) < 4.78 is 27.9. The Balaban J connectivity index is 1.38. The maximum atomic E-state index is 13.8. The van der Waals surface area contributed by atoms with Gasteiger partial charge in [0.05, 0.1) is 18.0 Å². The molecule has 4 aromatic rings. The van der Waals surface area contributed by atoms with Gasteiger partial charge in [0.1, 0.15) is 11.3 Å². The van der Waals surface area contributed by atoms with Gasteiger partial charge in [0, 0.05) is 31.5 Å². The molecule has 0 saturated carbocycles. The maximum absolute atomic E-state index is 13.8. The molecule has 1 fully saturated rings. The van der Waals surface area contributed by atoms with E-state index in [1.165, 1.54) is 48.7 Å². The number of carbonyl (C=O) groups is 2. The Morgan fingerprint density at radius 2 is 1.45 bits per heavy atom. The van der Waals surface area contributed by atoms with Crippen LogP contribution in [-0.2, 0) is 21.4 Å². The largest absolute Gasteiger partial charge is 0.507 e. The molecule has 1 aliphatic rings. The van der Waals surface area contributed by atoms with Crippen LogP contribution in [-0.4, -0.2) is 61.5 Å². The molecule has 4 aromatic carbocycles. The first-order valence-electron chi connectivity index (χ1n) is 14.5. The van der Waals surface area contributed by atoms with Gasteiger partial charge in [-0.15, -0.1) is 0 Å². The molecule has 0 radical (unpaired) electrons. The molecular weight excluding hydrogens is 578 g/mol. The fourth-order valence-corrected chi connectivity index (χ4v) is 6.44. The highest BCUT2D eigenvalue weighted by Gasteiger charge is 2.27. The molecule has 0 aromatic heterocycles. The summed E-state index contributed by atoms with van der Waals surface area (Å²) in [4.78, 5) is 29.2. The number of aromatic hydroxyl groups is 1. The van der Waals surface area contributed by atoms with E-state index >= 15 is 0 Å². The van der Waals surface area contributed by atoms with Crippen molar-refractivity contribution in [1.82, 2.24) is 4.31 Å². The van der Waals surface area contributed by atoms with Gasteiger partial charge in [-0.1, -0.05) is 54.6 Å². The highest BCUT2D eigenvalue weighted by molar-refractivity contribution is 7.89. The van der Waals surface area contributed by atoms with Gasteiger partial charge in [-0.05, 0) is 78.4 Å². The highest BCUT2D eigenvalue weighted by atomic mass is 32.2. The summed E-state index contributed by atoms with van der Waals surface area (Å²) in [6, 6.07) is 27.8. The van der Waals surface area contributed by atoms with Gasteiger partial charge >= 0.3 is 5.97 Å². The number of phenols is 1. The lowest BCUT2D eigenvalue weighted by Gasteiger charge is -2.29. The van der Waals surface area contributed by atoms with Crippen molar-refractivity contribution in [1.29, 1.82) is 0 Å². The standard InChI is InChI=1S/C34H35N3O6S/c1-35(44(42,43)30-17-12-27(13-18-30)26-8-4-2-5-9-26)24-33(39)37(29-16-19-32(38)31(22-29)34(40)41)23-25-10-14-28(15-11-25)36-20-6-3-7-21-36/h2,4-5,8-19,22,38H,3,6-7,20-21,23-24H2,1H3,(H,40,41). The Kier molecular flexibility index (Phi) is 9.32. The molecular formula is C34H35N3O6S. The van der Waals surface area contributed by atoms with E-state index in [0.717, 1.165) is 52.6 Å². The van der Waals surface area contributed by atoms with Crippen LogP contribution in [0.1, 0.15) is 35.2 Å². The molecule has 0 spiro atoms. The minimum absolute atomic E-state index is 0.0464. The number of anilines is 2. The molecule has 0 atom stereocenters. The zero-order valence-corrected chi connectivity index (χ0v) is 25.3. The topological polar surface area (TPSA) is 118 Å². The van der Waals surface area contributed by atoms with Gasteiger partial charge in [0.2, 0.25) is 15.9 Å². The van der Waals surface area contributed by atoms with Gasteiger partial charge in [-0.3, -0.25) is 4.79 Å². The molecule has 44 heavy (non-hydrogen) atoms. The molecule has 0 unspecified atom stereocenters. The number of sulfonamides is 1. The lowest BCUT2D eigenvalue weighted by Crippen LogP contribution is -2.41. The Hall–Kier alpha value is -4.67. The van der Waals surface area contributed by atoms with Crippen molar-refractivity contribution in [3.63, 3.8) is 0 Å². The van der Waals surface area contributed by atoms with Crippen molar-refractivity contribution in [3.05, 3.63) is 108 Å². The molecule has 0 aliphatic carbocycles. The van der Waals surface area contributed by atoms with Crippen molar-refractivity contribution in [2.24, 2.45) is 0 Å². The Morgan fingerprint density at radius 3 is 2.09 bits per heavy atom. The van der Waals surface area contributed by atoms with Crippen LogP contribution in [0.3, 0.4) is 0 Å². The monoisotopic (exact) mass is 613 g/mol. The minimum atomic E-state index is -4.02. The third-order valence-electron chi connectivity index (χ3n) is 7.85. The second kappa shape index (κ2) is 13.3. The Bertz CT molecular complexity index is 1720. The maximum Gasteiger partial charge on any atom is 0.339 e. The quantitative estimate of drug-likeness (QED) is 0.239. The number of amides is 1. The van der Waals surface area contributed by atoms with E-state index in [2.05, 4.69) is 4.90 Å². The smallest absolute Gasteiger partial charge is 0.339 e. The lowest BCUT2D eigenvalue weighted by molar-refractivity contribution is -0.118. The minimum Gasteiger partial charge on any atom is -0.507 e. The first-order chi connectivity index (χ1) is 21.1. The average Bonchev–Trinajstić information content (AvgIpc) is 3.05. The second-order valence-corrected chi connectivity index (χ2v) is 12.9. The number of carboxylic acids is 1. The first kappa shape index (κ1) is 30.8. The van der Waals surface area contributed by atoms with Gasteiger partial charge in [-0.2, -0.15) is 4.31 Å². The number of aromatic carboxylic acids is 1. The van der Waals surface area contributed by atoms with Gasteiger partial charge in [0.25, 0.3) is 0 Å². The van der Waals surface area contributed by atoms with E-state index < -0.39 is 34.2 Å². The van der Waals surface area contributed by atoms with Crippen LogP contribution in [0.5, 0.6) is 5.75 Å². The van der Waals surface area contributed by atoms with Crippen molar-refractivity contribution in [3.8, 4) is 16.9 Å². The zero-order valence-electron chi connectivity index (χ0n) is 24.5. The first-order valence-corrected chi connectivity index (χ1v) is 15.9. The molecule has 10 heteroatoms. The molecule has 5 rings (SSSR count). The van der Waals surface area contributed by atoms with E-state index in [1.54, 1.807) is 12.1 Å². The second-order valence-electron chi connectivity index (χ2n) is 10.9. The third-order valence-corrected chi connectivity index (χ3v) is 9.67. The number of nitrogens with zero attached hydrogens (tertiary/aromatic N) is 3. The van der Waals surface area contributed by atoms with Crippen molar-refractivity contribution in [2.45, 2.75) is 30.7 Å². The summed E-state index contributed by atoms with van der Waals surface area (Å²) >= 11 is 0. The summed E-state index contributed by atoms with van der Waals surface area (Å²) in [7, 11) is -2.69. The normalized spacial score (nSPS) is 13.5. The molecule has 1 heterocycles. The SMILES string of the molecule is CN(CC(=O)N(Cc1ccc(N2CCCCC2)cc1)c1ccc(O)c(C(=O)O)c1)S(=O)(=O)c1ccc(-c2ccccc2)cc1. The van der Waals surface area contributed by atoms with Crippen molar-refractivity contribution in [2.75, 3.05) is 36.5 Å². The van der Waals surface area contributed by atoms with E-state index in [1.807, 2.05) is 54.6 Å². The number of piperidine rings is 1. The third kappa shape index (κ3) is 6.93. The number of hydrogen-bond acceptors (Lipinski definition) is 6. The fourth-order valence-electron chi connectivity index (χ4n) is 5.32. The number of benzene rings is 4. The van der Waals surface area contributed by atoms with Gasteiger partial charge in [-0.25, -0.2) is 13.2 Å². The fraction of sp³-hybridized carbons (Fsp3) is 0.235. The van der Waals surface area contributed by atoms with Crippen LogP contribution in [0, 0.1) is 0 Å². The summed E-state index contributed by atoms with van der Waals surface area (Å²) in [5, 5.41) is 19.6. The molecule has 228 valence electrons. The van der Waals surface area contributed by atoms with Crippen LogP contribution in [0.4, 0.5) is 11.4 Å². The van der Waals surface area contributed by atoms with Crippen molar-refractivity contribution >= 4 is 33.3 Å². The number of likely N-dealkylation sites (N-methyl/N-ethyl adjacent to an activating group) is 1.